The van der Waals surface area contributed by atoms with E-state index in [-0.39, 0.29) is 11.6 Å². The zero-order valence-electron chi connectivity index (χ0n) is 18.3. The first-order chi connectivity index (χ1) is 13.7. The first kappa shape index (κ1) is 32.7. The van der Waals surface area contributed by atoms with Crippen molar-refractivity contribution >= 4 is 45.5 Å². The maximum atomic E-state index is 10.4. The molecule has 0 unspecified atom stereocenters. The number of carboxylic acids is 2. The Morgan fingerprint density at radius 2 is 1.00 bits per heavy atom. The number of carbonyl (C=O) groups excluding carboxylic acids is 4. The fourth-order valence-electron chi connectivity index (χ4n) is 1.61. The van der Waals surface area contributed by atoms with E-state index in [4.69, 9.17) is 6.15 Å². The molecule has 29 heavy (non-hydrogen) atoms. The van der Waals surface area contributed by atoms with Crippen molar-refractivity contribution in [2.45, 2.75) is 91.9 Å². The molecule has 0 heterocycles. The monoisotopic (exact) mass is 524 g/mol. The van der Waals surface area contributed by atoms with Crippen molar-refractivity contribution in [3.63, 3.8) is 0 Å². The molecular formula is C20H36O8Sn. The van der Waals surface area contributed by atoms with Gasteiger partial charge >= 0.3 is 80.9 Å². The summed E-state index contributed by atoms with van der Waals surface area (Å²) in [6.45, 7) is 9.82. The van der Waals surface area contributed by atoms with Crippen LogP contribution in [0.1, 0.15) is 91.9 Å². The van der Waals surface area contributed by atoms with E-state index in [9.17, 15) is 29.4 Å². The van der Waals surface area contributed by atoms with E-state index < -0.39 is 46.8 Å². The topological polar surface area (TPSA) is 133 Å². The van der Waals surface area contributed by atoms with Crippen LogP contribution < -0.4 is 10.2 Å². The third kappa shape index (κ3) is 38.3. The van der Waals surface area contributed by atoms with Crippen LogP contribution in [0.25, 0.3) is 0 Å². The number of aliphatic carboxylic acids is 2. The predicted molar refractivity (Wildman–Crippen MR) is 107 cm³/mol. The van der Waals surface area contributed by atoms with E-state index in [1.807, 2.05) is 13.8 Å². The minimum atomic E-state index is -1.28. The predicted octanol–water partition coefficient (Wildman–Crippen LogP) is 1.15. The van der Waals surface area contributed by atoms with Gasteiger partial charge in [-0.3, -0.25) is 9.59 Å². The van der Waals surface area contributed by atoms with Crippen molar-refractivity contribution in [2.24, 2.45) is 0 Å². The fraction of sp³-hybridized carbons (Fsp3) is 0.800. The van der Waals surface area contributed by atoms with Crippen molar-refractivity contribution < 1.29 is 35.5 Å². The number of carbonyl (C=O) groups is 4. The second-order valence-electron chi connectivity index (χ2n) is 6.16. The van der Waals surface area contributed by atoms with Gasteiger partial charge in [-0.05, 0) is 12.8 Å². The summed E-state index contributed by atoms with van der Waals surface area (Å²) in [6.07, 6.45) is 6.00. The van der Waals surface area contributed by atoms with Gasteiger partial charge < -0.3 is 19.8 Å². The van der Waals surface area contributed by atoms with Gasteiger partial charge in [-0.2, -0.15) is 0 Å². The van der Waals surface area contributed by atoms with Gasteiger partial charge in [0.2, 0.25) is 0 Å². The third-order valence-electron chi connectivity index (χ3n) is 3.06. The summed E-state index contributed by atoms with van der Waals surface area (Å²) in [7, 11) is 0. The Morgan fingerprint density at radius 1 is 0.655 bits per heavy atom. The first-order valence-corrected chi connectivity index (χ1v) is 12.5. The van der Waals surface area contributed by atoms with E-state index in [1.54, 1.807) is 0 Å². The molecule has 0 aliphatic heterocycles. The molecule has 0 aromatic carbocycles. The fourth-order valence-corrected chi connectivity index (χ4v) is 3.15. The van der Waals surface area contributed by atoms with Crippen LogP contribution in [0.2, 0.25) is 0 Å². The molecule has 0 aliphatic rings. The number of Topliss-reactive ketones (excluding diaryl/α,β-unsaturated/α-hetero) is 2. The van der Waals surface area contributed by atoms with Crippen LogP contribution in [-0.4, -0.2) is 58.7 Å². The zero-order chi connectivity index (χ0) is 22.9. The van der Waals surface area contributed by atoms with Crippen LogP contribution in [0.5, 0.6) is 0 Å². The molecule has 0 fully saturated rings. The molecule has 9 heteroatoms. The summed E-state index contributed by atoms with van der Waals surface area (Å²) < 4.78 is 10.7. The Bertz CT molecular complexity index is 389. The number of ketones is 2. The Kier molecular flexibility index (Phi) is 30.4. The zero-order valence-corrected chi connectivity index (χ0v) is 21.1. The molecule has 0 saturated carbocycles. The molecule has 8 nitrogen and oxygen atoms in total. The Balaban J connectivity index is -0.000000352. The van der Waals surface area contributed by atoms with Gasteiger partial charge in [0, 0.05) is 37.6 Å². The first-order valence-electron chi connectivity index (χ1n) is 10.2. The van der Waals surface area contributed by atoms with Crippen molar-refractivity contribution in [1.29, 1.82) is 0 Å². The van der Waals surface area contributed by atoms with Crippen molar-refractivity contribution in [2.75, 3.05) is 13.2 Å². The molecule has 0 aromatic heterocycles. The average Bonchev–Trinajstić information content (AvgIpc) is 2.61. The summed E-state index contributed by atoms with van der Waals surface area (Å²) in [6, 6.07) is 0. The molecule has 0 radical (unpaired) electrons. The Morgan fingerprint density at radius 3 is 1.24 bits per heavy atom. The SMILES string of the molecule is CCCC(=O)CC(=O)[O-].CCCC(=O)CC(=O)[O-].CCCC[O][Sn+2][O]CCCC. The molecular weight excluding hydrogens is 487 g/mol. The van der Waals surface area contributed by atoms with Crippen molar-refractivity contribution in [3.8, 4) is 0 Å². The average molecular weight is 523 g/mol. The number of hydrogen-bond donors (Lipinski definition) is 0. The van der Waals surface area contributed by atoms with E-state index in [2.05, 4.69) is 13.8 Å². The summed E-state index contributed by atoms with van der Waals surface area (Å²) in [5.41, 5.74) is 0. The molecule has 0 spiro atoms. The van der Waals surface area contributed by atoms with Crippen LogP contribution in [0.4, 0.5) is 0 Å². The van der Waals surface area contributed by atoms with Crippen molar-refractivity contribution in [3.05, 3.63) is 0 Å². The van der Waals surface area contributed by atoms with E-state index in [0.29, 0.717) is 25.7 Å². The van der Waals surface area contributed by atoms with Crippen LogP contribution in [0, 0.1) is 0 Å². The molecule has 0 bridgehead atoms. The Labute approximate surface area is 186 Å². The summed E-state index contributed by atoms with van der Waals surface area (Å²) in [4.78, 5) is 40.4. The number of unbranched alkanes of at least 4 members (excludes halogenated alkanes) is 2. The van der Waals surface area contributed by atoms with Gasteiger partial charge in [-0.1, -0.05) is 13.8 Å². The van der Waals surface area contributed by atoms with Gasteiger partial charge in [-0.25, -0.2) is 0 Å². The molecule has 0 N–H and O–H groups in total. The van der Waals surface area contributed by atoms with E-state index >= 15 is 0 Å². The van der Waals surface area contributed by atoms with Gasteiger partial charge in [0.25, 0.3) is 0 Å². The van der Waals surface area contributed by atoms with Crippen LogP contribution >= 0.6 is 0 Å². The van der Waals surface area contributed by atoms with Gasteiger partial charge in [0.05, 0.1) is 0 Å². The van der Waals surface area contributed by atoms with E-state index in [1.165, 1.54) is 25.7 Å². The van der Waals surface area contributed by atoms with Crippen molar-refractivity contribution in [1.82, 2.24) is 0 Å². The second-order valence-corrected chi connectivity index (χ2v) is 8.29. The van der Waals surface area contributed by atoms with Crippen LogP contribution in [0.3, 0.4) is 0 Å². The molecule has 0 atom stereocenters. The summed E-state index contributed by atoms with van der Waals surface area (Å²) in [5.74, 6) is -3.07. The molecule has 0 aromatic rings. The quantitative estimate of drug-likeness (QED) is 0.167. The summed E-state index contributed by atoms with van der Waals surface area (Å²) in [5, 5.41) is 19.5. The molecule has 0 saturated heterocycles. The van der Waals surface area contributed by atoms with E-state index in [0.717, 1.165) is 13.2 Å². The van der Waals surface area contributed by atoms with Crippen LogP contribution in [0.15, 0.2) is 0 Å². The number of carboxylic acid groups (broad SMARTS) is 2. The number of rotatable bonds is 16. The van der Waals surface area contributed by atoms with Gasteiger partial charge in [0.15, 0.2) is 0 Å². The molecule has 0 aliphatic carbocycles. The third-order valence-corrected chi connectivity index (χ3v) is 4.90. The van der Waals surface area contributed by atoms with Gasteiger partial charge in [0.1, 0.15) is 11.6 Å². The molecule has 0 amide bonds. The standard InChI is InChI=1S/2C6H10O3.2C4H9O.Sn/c2*1-2-3-5(7)4-6(8)9;2*1-2-3-4-5;/h2*2-4H2,1H3,(H,8,9);2*2-4H2,1H3;/q;;2*-1;+4/p-2. The normalized spacial score (nSPS) is 9.24. The second kappa shape index (κ2) is 27.0. The summed E-state index contributed by atoms with van der Waals surface area (Å²) >= 11 is -0.876. The maximum absolute atomic E-state index is 10.4. The van der Waals surface area contributed by atoms with Crippen LogP contribution in [-0.2, 0) is 25.3 Å². The molecule has 0 rings (SSSR count). The minimum absolute atomic E-state index is 0.252. The number of hydrogen-bond acceptors (Lipinski definition) is 8. The Hall–Kier alpha value is -1.00. The molecule has 168 valence electrons. The van der Waals surface area contributed by atoms with Gasteiger partial charge in [-0.15, -0.1) is 0 Å².